The second kappa shape index (κ2) is 5.40. The van der Waals surface area contributed by atoms with E-state index in [9.17, 15) is 14.0 Å². The van der Waals surface area contributed by atoms with E-state index in [1.165, 1.54) is 11.6 Å². The lowest BCUT2D eigenvalue weighted by molar-refractivity contribution is 0.0697. The number of hydrogen-bond donors (Lipinski definition) is 3. The molecular formula is C10H7FN4O3S. The molecule has 7 nitrogen and oxygen atoms in total. The molecule has 0 unspecified atom stereocenters. The van der Waals surface area contributed by atoms with Gasteiger partial charge in [-0.15, -0.1) is 10.2 Å². The van der Waals surface area contributed by atoms with Crippen LogP contribution in [0.1, 0.15) is 10.4 Å². The Morgan fingerprint density at radius 2 is 2.11 bits per heavy atom. The third kappa shape index (κ3) is 3.22. The van der Waals surface area contributed by atoms with E-state index >= 15 is 0 Å². The fourth-order valence-corrected chi connectivity index (χ4v) is 1.72. The highest BCUT2D eigenvalue weighted by Gasteiger charge is 2.14. The van der Waals surface area contributed by atoms with Crippen molar-refractivity contribution in [3.05, 3.63) is 35.1 Å². The number of carbonyl (C=O) groups is 2. The van der Waals surface area contributed by atoms with Gasteiger partial charge in [0.05, 0.1) is 11.3 Å². The Hall–Kier alpha value is -2.55. The van der Waals surface area contributed by atoms with Crippen LogP contribution in [-0.4, -0.2) is 27.3 Å². The number of carboxylic acids is 1. The number of nitrogens with one attached hydrogen (secondary N) is 2. The van der Waals surface area contributed by atoms with Gasteiger partial charge < -0.3 is 10.4 Å². The van der Waals surface area contributed by atoms with E-state index < -0.39 is 17.8 Å². The maximum absolute atomic E-state index is 12.9. The molecule has 2 aromatic rings. The lowest BCUT2D eigenvalue weighted by atomic mass is 10.2. The van der Waals surface area contributed by atoms with E-state index in [1.807, 2.05) is 0 Å². The molecule has 98 valence electrons. The Morgan fingerprint density at radius 3 is 2.74 bits per heavy atom. The summed E-state index contributed by atoms with van der Waals surface area (Å²) in [6.07, 6.45) is 0. The molecule has 0 spiro atoms. The molecular weight excluding hydrogens is 275 g/mol. The molecule has 1 aromatic carbocycles. The van der Waals surface area contributed by atoms with Crippen molar-refractivity contribution in [1.29, 1.82) is 0 Å². The van der Waals surface area contributed by atoms with Crippen molar-refractivity contribution in [3.63, 3.8) is 0 Å². The third-order valence-electron chi connectivity index (χ3n) is 2.04. The summed E-state index contributed by atoms with van der Waals surface area (Å²) in [6.45, 7) is 0. The van der Waals surface area contributed by atoms with Crippen molar-refractivity contribution in [2.24, 2.45) is 0 Å². The minimum absolute atomic E-state index is 0.0177. The molecule has 0 radical (unpaired) electrons. The minimum Gasteiger partial charge on any atom is -0.478 e. The lowest BCUT2D eigenvalue weighted by Gasteiger charge is -2.08. The summed E-state index contributed by atoms with van der Waals surface area (Å²) in [7, 11) is 0. The molecule has 0 atom stereocenters. The lowest BCUT2D eigenvalue weighted by Crippen LogP contribution is -2.21. The Bertz CT molecular complexity index is 617. The van der Waals surface area contributed by atoms with Crippen LogP contribution in [0.5, 0.6) is 0 Å². The van der Waals surface area contributed by atoms with E-state index in [1.54, 1.807) is 0 Å². The summed E-state index contributed by atoms with van der Waals surface area (Å²) in [4.78, 5) is 22.5. The van der Waals surface area contributed by atoms with Gasteiger partial charge in [-0.3, -0.25) is 5.32 Å². The monoisotopic (exact) mass is 282 g/mol. The molecule has 0 aliphatic rings. The second-order valence-electron chi connectivity index (χ2n) is 3.32. The zero-order valence-electron chi connectivity index (χ0n) is 9.25. The Morgan fingerprint density at radius 1 is 1.32 bits per heavy atom. The number of hydrogen-bond acceptors (Lipinski definition) is 5. The molecule has 0 saturated heterocycles. The number of benzene rings is 1. The third-order valence-corrected chi connectivity index (χ3v) is 2.65. The van der Waals surface area contributed by atoms with E-state index in [0.29, 0.717) is 0 Å². The van der Waals surface area contributed by atoms with Gasteiger partial charge in [0.15, 0.2) is 0 Å². The van der Waals surface area contributed by atoms with Gasteiger partial charge in [0.2, 0.25) is 5.13 Å². The van der Waals surface area contributed by atoms with Gasteiger partial charge in [-0.05, 0) is 18.2 Å². The highest BCUT2D eigenvalue weighted by Crippen LogP contribution is 2.17. The van der Waals surface area contributed by atoms with Crippen LogP contribution in [0.2, 0.25) is 0 Å². The van der Waals surface area contributed by atoms with Crippen molar-refractivity contribution >= 4 is 34.2 Å². The molecule has 1 aromatic heterocycles. The Labute approximate surface area is 110 Å². The van der Waals surface area contributed by atoms with E-state index in [0.717, 1.165) is 23.5 Å². The van der Waals surface area contributed by atoms with E-state index in [4.69, 9.17) is 5.11 Å². The molecule has 0 aliphatic heterocycles. The fraction of sp³-hybridized carbons (Fsp3) is 0. The topological polar surface area (TPSA) is 104 Å². The zero-order chi connectivity index (χ0) is 13.8. The normalized spacial score (nSPS) is 9.95. The van der Waals surface area contributed by atoms with E-state index in [-0.39, 0.29) is 16.4 Å². The zero-order valence-corrected chi connectivity index (χ0v) is 10.1. The van der Waals surface area contributed by atoms with Gasteiger partial charge in [-0.2, -0.15) is 0 Å². The number of aromatic nitrogens is 2. The van der Waals surface area contributed by atoms with Crippen LogP contribution >= 0.6 is 11.3 Å². The van der Waals surface area contributed by atoms with Gasteiger partial charge in [0.1, 0.15) is 11.3 Å². The van der Waals surface area contributed by atoms with E-state index in [2.05, 4.69) is 20.8 Å². The fourth-order valence-electron chi connectivity index (χ4n) is 1.28. The average molecular weight is 282 g/mol. The number of aromatic carboxylic acids is 1. The summed E-state index contributed by atoms with van der Waals surface area (Å²) in [6, 6.07) is 2.35. The van der Waals surface area contributed by atoms with Gasteiger partial charge in [-0.1, -0.05) is 11.3 Å². The van der Waals surface area contributed by atoms with Crippen molar-refractivity contribution in [2.75, 3.05) is 10.6 Å². The average Bonchev–Trinajstić information content (AvgIpc) is 2.83. The van der Waals surface area contributed by atoms with Crippen LogP contribution in [0.4, 0.5) is 20.0 Å². The summed E-state index contributed by atoms with van der Waals surface area (Å²) >= 11 is 1.10. The molecule has 2 amide bonds. The second-order valence-corrected chi connectivity index (χ2v) is 4.15. The molecule has 0 aliphatic carbocycles. The number of amides is 2. The maximum Gasteiger partial charge on any atom is 0.337 e. The van der Waals surface area contributed by atoms with Gasteiger partial charge in [-0.25, -0.2) is 14.0 Å². The first-order chi connectivity index (χ1) is 9.06. The summed E-state index contributed by atoms with van der Waals surface area (Å²) < 4.78 is 12.9. The van der Waals surface area contributed by atoms with Gasteiger partial charge >= 0.3 is 12.0 Å². The molecule has 2 rings (SSSR count). The molecule has 1 heterocycles. The van der Waals surface area contributed by atoms with Crippen LogP contribution in [0, 0.1) is 5.82 Å². The minimum atomic E-state index is -1.34. The molecule has 9 heteroatoms. The largest absolute Gasteiger partial charge is 0.478 e. The van der Waals surface area contributed by atoms with Crippen molar-refractivity contribution in [1.82, 2.24) is 10.2 Å². The maximum atomic E-state index is 12.9. The summed E-state index contributed by atoms with van der Waals surface area (Å²) in [5.74, 6) is -2.04. The van der Waals surface area contributed by atoms with Crippen molar-refractivity contribution in [3.8, 4) is 0 Å². The molecule has 3 N–H and O–H groups in total. The first-order valence-electron chi connectivity index (χ1n) is 4.93. The highest BCUT2D eigenvalue weighted by molar-refractivity contribution is 7.13. The van der Waals surface area contributed by atoms with Crippen LogP contribution in [0.3, 0.4) is 0 Å². The number of carboxylic acid groups (broad SMARTS) is 1. The van der Waals surface area contributed by atoms with Crippen LogP contribution in [0.15, 0.2) is 23.7 Å². The SMILES string of the molecule is O=C(Nc1nncs1)Nc1ccc(F)cc1C(=O)O. The summed E-state index contributed by atoms with van der Waals surface area (Å²) in [5, 5.41) is 20.9. The number of carbonyl (C=O) groups excluding carboxylic acids is 1. The first kappa shape index (κ1) is 12.9. The predicted octanol–water partition coefficient (Wildman–Crippen LogP) is 2.02. The van der Waals surface area contributed by atoms with Gasteiger partial charge in [0, 0.05) is 0 Å². The standard InChI is InChI=1S/C10H7FN4O3S/c11-5-1-2-7(6(3-5)8(16)17)13-9(18)14-10-15-12-4-19-10/h1-4H,(H,16,17)(H2,13,14,15,18). The summed E-state index contributed by atoms with van der Waals surface area (Å²) in [5.41, 5.74) is 1.07. The van der Waals surface area contributed by atoms with Crippen LogP contribution in [-0.2, 0) is 0 Å². The van der Waals surface area contributed by atoms with Crippen LogP contribution < -0.4 is 10.6 Å². The molecule has 0 bridgehead atoms. The molecule has 0 saturated carbocycles. The molecule has 0 fully saturated rings. The first-order valence-corrected chi connectivity index (χ1v) is 5.81. The number of urea groups is 1. The number of halogens is 1. The predicted molar refractivity (Wildman–Crippen MR) is 65.9 cm³/mol. The Kier molecular flexibility index (Phi) is 3.66. The Balaban J connectivity index is 2.14. The van der Waals surface area contributed by atoms with Crippen LogP contribution in [0.25, 0.3) is 0 Å². The highest BCUT2D eigenvalue weighted by atomic mass is 32.1. The quantitative estimate of drug-likeness (QED) is 0.798. The van der Waals surface area contributed by atoms with Crippen molar-refractivity contribution < 1.29 is 19.1 Å². The molecule has 19 heavy (non-hydrogen) atoms. The van der Waals surface area contributed by atoms with Crippen molar-refractivity contribution in [2.45, 2.75) is 0 Å². The number of nitrogens with zero attached hydrogens (tertiary/aromatic N) is 2. The number of rotatable bonds is 3. The number of anilines is 2. The van der Waals surface area contributed by atoms with Gasteiger partial charge in [0.25, 0.3) is 0 Å². The smallest absolute Gasteiger partial charge is 0.337 e.